The minimum absolute atomic E-state index is 0.0831. The number of carbonyl (C=O) groups excluding carboxylic acids is 1. The number of fused-ring (bicyclic) bond motifs is 1. The lowest BCUT2D eigenvalue weighted by atomic mass is 9.40. The molecule has 0 amide bonds. The number of carbonyl (C=O) groups is 1. The minimum Gasteiger partial charge on any atom is -0.299 e. The van der Waals surface area contributed by atoms with Crippen LogP contribution in [0, 0.1) is 33.5 Å². The van der Waals surface area contributed by atoms with Crippen molar-refractivity contribution < 1.29 is 4.79 Å². The van der Waals surface area contributed by atoms with E-state index in [1.807, 2.05) is 13.8 Å². The molecule has 0 aromatic heterocycles. The number of Topliss-reactive ketones (excluding diaryl/α,β-unsaturated/α-hetero) is 1. The van der Waals surface area contributed by atoms with Crippen LogP contribution < -0.4 is 0 Å². The molecule has 2 fully saturated rings. The summed E-state index contributed by atoms with van der Waals surface area (Å²) in [5, 5.41) is 9.19. The molecule has 0 aromatic carbocycles. The maximum Gasteiger partial charge on any atom is 0.139 e. The molecule has 2 heteroatoms. The van der Waals surface area contributed by atoms with Crippen molar-refractivity contribution in [2.75, 3.05) is 0 Å². The number of rotatable bonds is 0. The number of nitriles is 1. The van der Waals surface area contributed by atoms with Gasteiger partial charge in [0.2, 0.25) is 0 Å². The van der Waals surface area contributed by atoms with E-state index in [1.54, 1.807) is 0 Å². The molecule has 3 atom stereocenters. The highest BCUT2D eigenvalue weighted by atomic mass is 16.1. The molecule has 2 aliphatic carbocycles. The average molecular weight is 205 g/mol. The van der Waals surface area contributed by atoms with Gasteiger partial charge in [0.15, 0.2) is 0 Å². The Balaban J connectivity index is 2.33. The Bertz CT molecular complexity index is 365. The normalized spacial score (nSPS) is 47.7. The summed E-state index contributed by atoms with van der Waals surface area (Å²) in [6.07, 6.45) is 2.46. The molecule has 2 rings (SSSR count). The van der Waals surface area contributed by atoms with Gasteiger partial charge in [-0.3, -0.25) is 4.79 Å². The first kappa shape index (κ1) is 10.7. The first-order valence-corrected chi connectivity index (χ1v) is 5.68. The SMILES string of the molecule is CC1(C)CC(=O)[C@]2(C)CC(C)(C#N)[C@@H]2C1. The van der Waals surface area contributed by atoms with Crippen LogP contribution in [0.1, 0.15) is 47.0 Å². The van der Waals surface area contributed by atoms with Crippen molar-refractivity contribution in [2.45, 2.75) is 47.0 Å². The number of nitrogens with zero attached hydrogens (tertiary/aromatic N) is 1. The summed E-state index contributed by atoms with van der Waals surface area (Å²) in [6, 6.07) is 2.41. The van der Waals surface area contributed by atoms with E-state index in [4.69, 9.17) is 0 Å². The first-order chi connectivity index (χ1) is 6.73. The third kappa shape index (κ3) is 1.25. The molecule has 15 heavy (non-hydrogen) atoms. The van der Waals surface area contributed by atoms with E-state index >= 15 is 0 Å². The molecule has 0 bridgehead atoms. The monoisotopic (exact) mass is 205 g/mol. The molecule has 2 saturated carbocycles. The van der Waals surface area contributed by atoms with Crippen LogP contribution >= 0.6 is 0 Å². The molecule has 0 saturated heterocycles. The number of hydrogen-bond acceptors (Lipinski definition) is 2. The average Bonchev–Trinajstić information content (AvgIpc) is 2.11. The van der Waals surface area contributed by atoms with Gasteiger partial charge in [0.05, 0.1) is 11.5 Å². The van der Waals surface area contributed by atoms with E-state index < -0.39 is 0 Å². The van der Waals surface area contributed by atoms with Crippen LogP contribution in [-0.2, 0) is 4.79 Å². The van der Waals surface area contributed by atoms with Crippen molar-refractivity contribution in [2.24, 2.45) is 22.2 Å². The van der Waals surface area contributed by atoms with Gasteiger partial charge in [-0.1, -0.05) is 20.8 Å². The Morgan fingerprint density at radius 2 is 1.93 bits per heavy atom. The van der Waals surface area contributed by atoms with Crippen LogP contribution in [0.25, 0.3) is 0 Å². The van der Waals surface area contributed by atoms with E-state index in [2.05, 4.69) is 19.9 Å². The fraction of sp³-hybridized carbons (Fsp3) is 0.846. The summed E-state index contributed by atoms with van der Waals surface area (Å²) in [6.45, 7) is 8.34. The summed E-state index contributed by atoms with van der Waals surface area (Å²) in [5.41, 5.74) is -0.373. The van der Waals surface area contributed by atoms with Gasteiger partial charge in [0.1, 0.15) is 5.78 Å². The van der Waals surface area contributed by atoms with Gasteiger partial charge < -0.3 is 0 Å². The van der Waals surface area contributed by atoms with Crippen molar-refractivity contribution in [1.82, 2.24) is 0 Å². The maximum absolute atomic E-state index is 12.1. The van der Waals surface area contributed by atoms with Gasteiger partial charge in [0, 0.05) is 11.8 Å². The molecule has 0 aliphatic heterocycles. The van der Waals surface area contributed by atoms with Gasteiger partial charge in [-0.15, -0.1) is 0 Å². The highest BCUT2D eigenvalue weighted by Gasteiger charge is 2.65. The summed E-state index contributed by atoms with van der Waals surface area (Å²) >= 11 is 0. The molecule has 2 aliphatic rings. The summed E-state index contributed by atoms with van der Waals surface area (Å²) < 4.78 is 0. The third-order valence-corrected chi connectivity index (χ3v) is 4.56. The minimum atomic E-state index is -0.262. The Kier molecular flexibility index (Phi) is 1.88. The quantitative estimate of drug-likeness (QED) is 0.610. The highest BCUT2D eigenvalue weighted by molar-refractivity contribution is 5.88. The van der Waals surface area contributed by atoms with Crippen LogP contribution in [0.4, 0.5) is 0 Å². The summed E-state index contributed by atoms with van der Waals surface area (Å²) in [4.78, 5) is 12.1. The van der Waals surface area contributed by atoms with Crippen molar-refractivity contribution in [3.8, 4) is 6.07 Å². The summed E-state index contributed by atoms with van der Waals surface area (Å²) in [7, 11) is 0. The lowest BCUT2D eigenvalue weighted by Crippen LogP contribution is -2.61. The Labute approximate surface area is 91.7 Å². The standard InChI is InChI=1S/C13H19NO/c1-11(2)5-9-12(3,8-14)7-13(9,4)10(15)6-11/h9H,5-7H2,1-4H3/t9-,12?,13+/m0/s1. The molecule has 82 valence electrons. The molecule has 2 nitrogen and oxygen atoms in total. The second-order valence-electron chi connectivity index (χ2n) is 6.64. The van der Waals surface area contributed by atoms with E-state index in [1.165, 1.54) is 0 Å². The van der Waals surface area contributed by atoms with Crippen molar-refractivity contribution in [1.29, 1.82) is 5.26 Å². The second-order valence-corrected chi connectivity index (χ2v) is 6.64. The molecule has 0 radical (unpaired) electrons. The van der Waals surface area contributed by atoms with Crippen molar-refractivity contribution >= 4 is 5.78 Å². The Morgan fingerprint density at radius 1 is 1.33 bits per heavy atom. The predicted molar refractivity (Wildman–Crippen MR) is 58.0 cm³/mol. The fourth-order valence-corrected chi connectivity index (χ4v) is 3.70. The van der Waals surface area contributed by atoms with Crippen LogP contribution in [0.3, 0.4) is 0 Å². The maximum atomic E-state index is 12.1. The van der Waals surface area contributed by atoms with Gasteiger partial charge in [-0.25, -0.2) is 0 Å². The Morgan fingerprint density at radius 3 is 2.47 bits per heavy atom. The van der Waals surface area contributed by atoms with Crippen LogP contribution in [0.2, 0.25) is 0 Å². The van der Waals surface area contributed by atoms with Gasteiger partial charge >= 0.3 is 0 Å². The van der Waals surface area contributed by atoms with Crippen molar-refractivity contribution in [3.63, 3.8) is 0 Å². The predicted octanol–water partition coefficient (Wildman–Crippen LogP) is 2.93. The van der Waals surface area contributed by atoms with E-state index in [0.717, 1.165) is 12.8 Å². The fourth-order valence-electron chi connectivity index (χ4n) is 3.70. The first-order valence-electron chi connectivity index (χ1n) is 5.68. The smallest absolute Gasteiger partial charge is 0.139 e. The van der Waals surface area contributed by atoms with Gasteiger partial charge in [-0.05, 0) is 31.1 Å². The topological polar surface area (TPSA) is 40.9 Å². The van der Waals surface area contributed by atoms with E-state index in [9.17, 15) is 10.1 Å². The lowest BCUT2D eigenvalue weighted by molar-refractivity contribution is -0.167. The van der Waals surface area contributed by atoms with E-state index in [0.29, 0.717) is 12.2 Å². The molecular weight excluding hydrogens is 186 g/mol. The highest BCUT2D eigenvalue weighted by Crippen LogP contribution is 2.66. The zero-order chi connectivity index (χ0) is 11.5. The Hall–Kier alpha value is -0.840. The van der Waals surface area contributed by atoms with Gasteiger partial charge in [0.25, 0.3) is 0 Å². The molecular formula is C13H19NO. The zero-order valence-corrected chi connectivity index (χ0v) is 10.1. The van der Waals surface area contributed by atoms with Crippen LogP contribution in [0.5, 0.6) is 0 Å². The molecule has 0 aromatic rings. The molecule has 0 N–H and O–H groups in total. The third-order valence-electron chi connectivity index (χ3n) is 4.56. The van der Waals surface area contributed by atoms with Gasteiger partial charge in [-0.2, -0.15) is 5.26 Å². The second kappa shape index (κ2) is 2.64. The van der Waals surface area contributed by atoms with Crippen LogP contribution in [-0.4, -0.2) is 5.78 Å². The molecule has 0 heterocycles. The number of ketones is 1. The number of hydrogen-bond donors (Lipinski definition) is 0. The van der Waals surface area contributed by atoms with Crippen LogP contribution in [0.15, 0.2) is 0 Å². The van der Waals surface area contributed by atoms with Crippen molar-refractivity contribution in [3.05, 3.63) is 0 Å². The lowest BCUT2D eigenvalue weighted by Gasteiger charge is -2.61. The largest absolute Gasteiger partial charge is 0.299 e. The summed E-state index contributed by atoms with van der Waals surface area (Å²) in [5.74, 6) is 0.641. The molecule has 1 unspecified atom stereocenters. The zero-order valence-electron chi connectivity index (χ0n) is 10.1. The molecule has 0 spiro atoms. The van der Waals surface area contributed by atoms with E-state index in [-0.39, 0.29) is 22.2 Å².